The second-order valence-corrected chi connectivity index (χ2v) is 8.35. The monoisotopic (exact) mass is 394 g/mol. The van der Waals surface area contributed by atoms with Crippen LogP contribution in [-0.2, 0) is 9.53 Å². The molecule has 1 N–H and O–H groups in total. The van der Waals surface area contributed by atoms with Gasteiger partial charge >= 0.3 is 0 Å². The zero-order valence-electron chi connectivity index (χ0n) is 16.8. The molecule has 1 saturated heterocycles. The van der Waals surface area contributed by atoms with Gasteiger partial charge < -0.3 is 9.84 Å². The highest BCUT2D eigenvalue weighted by Gasteiger charge is 2.31. The molecule has 4 heteroatoms. The number of carbonyl (C=O) groups is 1. The first-order valence-electron chi connectivity index (χ1n) is 10.4. The molecule has 1 heterocycles. The van der Waals surface area contributed by atoms with Crippen molar-refractivity contribution in [1.82, 2.24) is 0 Å². The Bertz CT molecular complexity index is 924. The van der Waals surface area contributed by atoms with Crippen LogP contribution in [0, 0.1) is 24.6 Å². The predicted molar refractivity (Wildman–Crippen MR) is 112 cm³/mol. The largest absolute Gasteiger partial charge is 0.512 e. The lowest BCUT2D eigenvalue weighted by Crippen LogP contribution is -2.24. The number of rotatable bonds is 4. The molecule has 2 aromatic carbocycles. The summed E-state index contributed by atoms with van der Waals surface area (Å²) in [6, 6.07) is 12.2. The third-order valence-electron chi connectivity index (χ3n) is 6.22. The minimum Gasteiger partial charge on any atom is -0.512 e. The maximum absolute atomic E-state index is 13.3. The molecule has 2 aliphatic rings. The smallest absolute Gasteiger partial charge is 0.167 e. The maximum atomic E-state index is 13.3. The van der Waals surface area contributed by atoms with Crippen molar-refractivity contribution in [2.75, 3.05) is 13.2 Å². The first kappa shape index (κ1) is 19.8. The van der Waals surface area contributed by atoms with Crippen LogP contribution in [0.4, 0.5) is 4.39 Å². The topological polar surface area (TPSA) is 46.5 Å². The van der Waals surface area contributed by atoms with Crippen LogP contribution in [-0.4, -0.2) is 24.1 Å². The van der Waals surface area contributed by atoms with E-state index < -0.39 is 0 Å². The van der Waals surface area contributed by atoms with Gasteiger partial charge in [-0.05, 0) is 78.5 Å². The van der Waals surface area contributed by atoms with E-state index in [-0.39, 0.29) is 23.3 Å². The van der Waals surface area contributed by atoms with E-state index in [4.69, 9.17) is 4.74 Å². The molecule has 0 bridgehead atoms. The molecule has 0 spiro atoms. The number of allylic oxidation sites excluding steroid dienone is 2. The fourth-order valence-corrected chi connectivity index (χ4v) is 4.61. The van der Waals surface area contributed by atoms with Crippen molar-refractivity contribution in [3.05, 3.63) is 65.2 Å². The van der Waals surface area contributed by atoms with Crippen LogP contribution in [0.3, 0.4) is 0 Å². The van der Waals surface area contributed by atoms with Gasteiger partial charge in [-0.25, -0.2) is 4.39 Å². The van der Waals surface area contributed by atoms with Crippen molar-refractivity contribution >= 4 is 11.4 Å². The van der Waals surface area contributed by atoms with Gasteiger partial charge in [0.1, 0.15) is 11.6 Å². The van der Waals surface area contributed by atoms with Crippen LogP contribution >= 0.6 is 0 Å². The normalized spacial score (nSPS) is 20.9. The van der Waals surface area contributed by atoms with Crippen molar-refractivity contribution in [3.8, 4) is 11.1 Å². The average Bonchev–Trinajstić information content (AvgIpc) is 2.70. The number of ketones is 1. The molecule has 1 aliphatic heterocycles. The summed E-state index contributed by atoms with van der Waals surface area (Å²) in [6.45, 7) is 3.55. The van der Waals surface area contributed by atoms with Crippen LogP contribution in [0.15, 0.2) is 48.2 Å². The summed E-state index contributed by atoms with van der Waals surface area (Å²) in [5.41, 5.74) is 3.97. The molecule has 29 heavy (non-hydrogen) atoms. The number of benzene rings is 2. The lowest BCUT2D eigenvalue weighted by Gasteiger charge is -2.29. The molecule has 1 fully saturated rings. The number of aliphatic hydroxyl groups is 1. The molecule has 0 saturated carbocycles. The Kier molecular flexibility index (Phi) is 5.81. The van der Waals surface area contributed by atoms with Gasteiger partial charge in [-0.1, -0.05) is 24.3 Å². The number of aryl methyl sites for hydroxylation is 1. The highest BCUT2D eigenvalue weighted by molar-refractivity contribution is 6.22. The van der Waals surface area contributed by atoms with Gasteiger partial charge in [0, 0.05) is 26.1 Å². The summed E-state index contributed by atoms with van der Waals surface area (Å²) in [6.07, 6.45) is 4.10. The van der Waals surface area contributed by atoms with Crippen molar-refractivity contribution < 1.29 is 19.0 Å². The SMILES string of the molecule is Cc1ccc(-c2ccc(F)cc2)cc1C1=C(O)CC(CC2CCOCC2)CC1=O. The van der Waals surface area contributed by atoms with E-state index >= 15 is 0 Å². The number of aliphatic hydroxyl groups excluding tert-OH is 1. The fraction of sp³-hybridized carbons (Fsp3) is 0.400. The molecule has 0 aromatic heterocycles. The Balaban J connectivity index is 1.59. The van der Waals surface area contributed by atoms with Gasteiger partial charge in [0.25, 0.3) is 0 Å². The summed E-state index contributed by atoms with van der Waals surface area (Å²) < 4.78 is 18.7. The quantitative estimate of drug-likeness (QED) is 0.706. The van der Waals surface area contributed by atoms with Gasteiger partial charge in [0.2, 0.25) is 0 Å². The zero-order chi connectivity index (χ0) is 20.4. The standard InChI is InChI=1S/C25H27FO3/c1-16-2-3-20(19-4-6-21(26)7-5-19)15-22(16)25-23(27)13-18(14-24(25)28)12-17-8-10-29-11-9-17/h2-7,15,17-18,27H,8-14H2,1H3. The molecule has 1 aliphatic carbocycles. The number of hydrogen-bond acceptors (Lipinski definition) is 3. The van der Waals surface area contributed by atoms with Crippen molar-refractivity contribution in [1.29, 1.82) is 0 Å². The first-order valence-corrected chi connectivity index (χ1v) is 10.4. The van der Waals surface area contributed by atoms with Crippen LogP contribution < -0.4 is 0 Å². The second kappa shape index (κ2) is 8.50. The summed E-state index contributed by atoms with van der Waals surface area (Å²) in [7, 11) is 0. The lowest BCUT2D eigenvalue weighted by atomic mass is 9.77. The van der Waals surface area contributed by atoms with E-state index in [0.717, 1.165) is 54.7 Å². The van der Waals surface area contributed by atoms with Gasteiger partial charge in [-0.3, -0.25) is 4.79 Å². The Hall–Kier alpha value is -2.46. The molecule has 4 rings (SSSR count). The van der Waals surface area contributed by atoms with E-state index in [2.05, 4.69) is 0 Å². The van der Waals surface area contributed by atoms with Crippen LogP contribution in [0.2, 0.25) is 0 Å². The highest BCUT2D eigenvalue weighted by Crippen LogP contribution is 2.38. The fourth-order valence-electron chi connectivity index (χ4n) is 4.61. The molecule has 2 aromatic rings. The molecule has 152 valence electrons. The van der Waals surface area contributed by atoms with E-state index in [1.807, 2.05) is 25.1 Å². The number of hydrogen-bond donors (Lipinski definition) is 1. The second-order valence-electron chi connectivity index (χ2n) is 8.35. The van der Waals surface area contributed by atoms with Gasteiger partial charge in [0.05, 0.1) is 5.57 Å². The average molecular weight is 394 g/mol. The molecule has 1 atom stereocenters. The molecular formula is C25H27FO3. The van der Waals surface area contributed by atoms with Crippen LogP contribution in [0.5, 0.6) is 0 Å². The third-order valence-corrected chi connectivity index (χ3v) is 6.22. The highest BCUT2D eigenvalue weighted by atomic mass is 19.1. The Labute approximate surface area is 171 Å². The number of Topliss-reactive ketones (excluding diaryl/α,β-unsaturated/α-hetero) is 1. The molecule has 1 unspecified atom stereocenters. The summed E-state index contributed by atoms with van der Waals surface area (Å²) in [5, 5.41) is 10.8. The Morgan fingerprint density at radius 3 is 2.38 bits per heavy atom. The zero-order valence-corrected chi connectivity index (χ0v) is 16.8. The predicted octanol–water partition coefficient (Wildman–Crippen LogP) is 5.87. The van der Waals surface area contributed by atoms with E-state index in [1.54, 1.807) is 12.1 Å². The van der Waals surface area contributed by atoms with Gasteiger partial charge in [0.15, 0.2) is 5.78 Å². The van der Waals surface area contributed by atoms with E-state index in [9.17, 15) is 14.3 Å². The van der Waals surface area contributed by atoms with E-state index in [0.29, 0.717) is 24.3 Å². The minimum atomic E-state index is -0.278. The van der Waals surface area contributed by atoms with Gasteiger partial charge in [-0.15, -0.1) is 0 Å². The van der Waals surface area contributed by atoms with Crippen LogP contribution in [0.25, 0.3) is 16.7 Å². The summed E-state index contributed by atoms with van der Waals surface area (Å²) in [5.74, 6) is 0.733. The van der Waals surface area contributed by atoms with Crippen LogP contribution in [0.1, 0.15) is 43.2 Å². The van der Waals surface area contributed by atoms with Crippen molar-refractivity contribution in [2.24, 2.45) is 11.8 Å². The molecular weight excluding hydrogens is 367 g/mol. The molecule has 0 radical (unpaired) electrons. The lowest BCUT2D eigenvalue weighted by molar-refractivity contribution is -0.115. The maximum Gasteiger partial charge on any atom is 0.167 e. The van der Waals surface area contributed by atoms with Crippen molar-refractivity contribution in [2.45, 2.75) is 39.0 Å². The van der Waals surface area contributed by atoms with Crippen molar-refractivity contribution in [3.63, 3.8) is 0 Å². The summed E-state index contributed by atoms with van der Waals surface area (Å²) >= 11 is 0. The Morgan fingerprint density at radius 1 is 1.00 bits per heavy atom. The summed E-state index contributed by atoms with van der Waals surface area (Å²) in [4.78, 5) is 13.0. The minimum absolute atomic E-state index is 0.0187. The number of halogens is 1. The first-order chi connectivity index (χ1) is 14.0. The molecule has 3 nitrogen and oxygen atoms in total. The Morgan fingerprint density at radius 2 is 1.69 bits per heavy atom. The van der Waals surface area contributed by atoms with Gasteiger partial charge in [-0.2, -0.15) is 0 Å². The number of carbonyl (C=O) groups excluding carboxylic acids is 1. The number of ether oxygens (including phenoxy) is 1. The molecule has 0 amide bonds. The third kappa shape index (κ3) is 4.43. The van der Waals surface area contributed by atoms with E-state index in [1.165, 1.54) is 12.1 Å².